The average molecular weight is 248 g/mol. The highest BCUT2D eigenvalue weighted by Gasteiger charge is 2.56. The van der Waals surface area contributed by atoms with Gasteiger partial charge in [0, 0.05) is 17.4 Å². The first-order valence-electron chi connectivity index (χ1n) is 6.71. The van der Waals surface area contributed by atoms with Crippen molar-refractivity contribution >= 4 is 5.97 Å². The van der Waals surface area contributed by atoms with Gasteiger partial charge in [-0.1, -0.05) is 18.7 Å². The molecule has 0 unspecified atom stereocenters. The van der Waals surface area contributed by atoms with E-state index in [9.17, 15) is 9.90 Å². The van der Waals surface area contributed by atoms with Crippen LogP contribution in [0.5, 0.6) is 0 Å². The van der Waals surface area contributed by atoms with Crippen molar-refractivity contribution in [3.05, 3.63) is 24.3 Å². The molecular formula is C15H20O3. The summed E-state index contributed by atoms with van der Waals surface area (Å²) in [5, 5.41) is 10.6. The van der Waals surface area contributed by atoms with E-state index in [-0.39, 0.29) is 29.8 Å². The summed E-state index contributed by atoms with van der Waals surface area (Å²) >= 11 is 0. The Morgan fingerprint density at radius 1 is 1.33 bits per heavy atom. The molecule has 0 aromatic rings. The maximum Gasteiger partial charge on any atom is 0.334 e. The quantitative estimate of drug-likeness (QED) is 0.406. The van der Waals surface area contributed by atoms with Gasteiger partial charge in [0.15, 0.2) is 0 Å². The largest absolute Gasteiger partial charge is 0.458 e. The van der Waals surface area contributed by atoms with Crippen LogP contribution in [0, 0.1) is 17.8 Å². The number of hydrogen-bond acceptors (Lipinski definition) is 3. The third kappa shape index (κ3) is 1.50. The molecule has 3 heteroatoms. The molecule has 0 spiro atoms. The lowest BCUT2D eigenvalue weighted by molar-refractivity contribution is -0.146. The first-order chi connectivity index (χ1) is 8.42. The van der Waals surface area contributed by atoms with Gasteiger partial charge in [0.05, 0.1) is 5.60 Å². The van der Waals surface area contributed by atoms with Gasteiger partial charge in [0.2, 0.25) is 0 Å². The van der Waals surface area contributed by atoms with Crippen LogP contribution in [0.3, 0.4) is 0 Å². The molecule has 0 amide bonds. The zero-order valence-electron chi connectivity index (χ0n) is 10.8. The Labute approximate surface area is 108 Å². The lowest BCUT2D eigenvalue weighted by Crippen LogP contribution is -2.42. The molecule has 3 fully saturated rings. The molecule has 3 aliphatic rings. The van der Waals surface area contributed by atoms with Crippen LogP contribution in [0.4, 0.5) is 0 Å². The van der Waals surface area contributed by atoms with E-state index >= 15 is 0 Å². The standard InChI is InChI=1S/C15H20O3/c1-8-4-5-11-9(2)14(16)18-13(11)12-10(8)6-7-15(12,3)17/h10-13,17H,1-2,4-7H2,3H3/t10-,11-,12-,13-,15+/m0/s1. The Bertz CT molecular complexity index is 435. The molecule has 1 heterocycles. The molecule has 1 aliphatic heterocycles. The molecule has 2 aliphatic carbocycles. The lowest BCUT2D eigenvalue weighted by Gasteiger charge is -2.34. The smallest absolute Gasteiger partial charge is 0.334 e. The van der Waals surface area contributed by atoms with Crippen molar-refractivity contribution in [1.82, 2.24) is 0 Å². The van der Waals surface area contributed by atoms with Crippen LogP contribution < -0.4 is 0 Å². The van der Waals surface area contributed by atoms with E-state index in [1.165, 1.54) is 5.57 Å². The highest BCUT2D eigenvalue weighted by Crippen LogP contribution is 2.53. The maximum atomic E-state index is 11.7. The van der Waals surface area contributed by atoms with E-state index in [4.69, 9.17) is 4.74 Å². The maximum absolute atomic E-state index is 11.7. The van der Waals surface area contributed by atoms with Crippen molar-refractivity contribution in [3.63, 3.8) is 0 Å². The first kappa shape index (κ1) is 12.0. The second-order valence-electron chi connectivity index (χ2n) is 6.23. The Hall–Kier alpha value is -1.09. The minimum absolute atomic E-state index is 0.0132. The van der Waals surface area contributed by atoms with E-state index in [2.05, 4.69) is 13.2 Å². The molecule has 1 saturated heterocycles. The van der Waals surface area contributed by atoms with Crippen LogP contribution in [0.1, 0.15) is 32.6 Å². The third-order valence-corrected chi connectivity index (χ3v) is 5.12. The number of allylic oxidation sites excluding steroid dienone is 1. The molecule has 3 nitrogen and oxygen atoms in total. The predicted octanol–water partition coefficient (Wildman–Crippen LogP) is 2.21. The number of aliphatic hydroxyl groups is 1. The Kier molecular flexibility index (Phi) is 2.46. The molecule has 0 bridgehead atoms. The summed E-state index contributed by atoms with van der Waals surface area (Å²) in [7, 11) is 0. The van der Waals surface area contributed by atoms with Crippen molar-refractivity contribution in [1.29, 1.82) is 0 Å². The number of carbonyl (C=O) groups is 1. The molecule has 0 aromatic heterocycles. The van der Waals surface area contributed by atoms with E-state index in [1.54, 1.807) is 0 Å². The van der Waals surface area contributed by atoms with E-state index < -0.39 is 5.60 Å². The topological polar surface area (TPSA) is 46.5 Å². The van der Waals surface area contributed by atoms with Crippen LogP contribution in [-0.2, 0) is 9.53 Å². The minimum Gasteiger partial charge on any atom is -0.458 e. The highest BCUT2D eigenvalue weighted by atomic mass is 16.6. The first-order valence-corrected chi connectivity index (χ1v) is 6.71. The zero-order valence-corrected chi connectivity index (χ0v) is 10.8. The molecule has 2 saturated carbocycles. The normalized spacial score (nSPS) is 47.6. The summed E-state index contributed by atoms with van der Waals surface area (Å²) in [5.74, 6) is 0.0576. The SMILES string of the molecule is C=C1C(=O)O[C@@H]2[C@@H]3[C@@H](CC[C@@]3(C)O)C(=C)CC[C@@H]12. The average Bonchev–Trinajstić information content (AvgIpc) is 2.69. The van der Waals surface area contributed by atoms with Crippen LogP contribution in [-0.4, -0.2) is 22.8 Å². The van der Waals surface area contributed by atoms with E-state index in [1.807, 2.05) is 6.92 Å². The van der Waals surface area contributed by atoms with Crippen LogP contribution in [0.25, 0.3) is 0 Å². The minimum atomic E-state index is -0.758. The summed E-state index contributed by atoms with van der Waals surface area (Å²) in [6, 6.07) is 0. The van der Waals surface area contributed by atoms with Gasteiger partial charge in [0.1, 0.15) is 6.10 Å². The highest BCUT2D eigenvalue weighted by molar-refractivity contribution is 5.90. The monoisotopic (exact) mass is 248 g/mol. The zero-order chi connectivity index (χ0) is 13.1. The van der Waals surface area contributed by atoms with Crippen LogP contribution >= 0.6 is 0 Å². The number of carbonyl (C=O) groups excluding carboxylic acids is 1. The van der Waals surface area contributed by atoms with Crippen LogP contribution in [0.15, 0.2) is 24.3 Å². The predicted molar refractivity (Wildman–Crippen MR) is 67.7 cm³/mol. The van der Waals surface area contributed by atoms with Gasteiger partial charge in [-0.15, -0.1) is 0 Å². The second kappa shape index (κ2) is 3.70. The summed E-state index contributed by atoms with van der Waals surface area (Å²) in [6.07, 6.45) is 3.29. The number of fused-ring (bicyclic) bond motifs is 3. The van der Waals surface area contributed by atoms with Gasteiger partial charge in [-0.25, -0.2) is 4.79 Å². The lowest BCUT2D eigenvalue weighted by atomic mass is 9.77. The van der Waals surface area contributed by atoms with Gasteiger partial charge < -0.3 is 9.84 Å². The van der Waals surface area contributed by atoms with Crippen molar-refractivity contribution in [2.75, 3.05) is 0 Å². The van der Waals surface area contributed by atoms with Gasteiger partial charge in [0.25, 0.3) is 0 Å². The van der Waals surface area contributed by atoms with Crippen molar-refractivity contribution in [2.24, 2.45) is 17.8 Å². The Morgan fingerprint density at radius 3 is 2.78 bits per heavy atom. The number of ether oxygens (including phenoxy) is 1. The molecule has 3 rings (SSSR count). The molecule has 18 heavy (non-hydrogen) atoms. The second-order valence-corrected chi connectivity index (χ2v) is 6.23. The fraction of sp³-hybridized carbons (Fsp3) is 0.667. The summed E-state index contributed by atoms with van der Waals surface area (Å²) in [5.41, 5.74) is 1.03. The van der Waals surface area contributed by atoms with Crippen molar-refractivity contribution < 1.29 is 14.6 Å². The van der Waals surface area contributed by atoms with Gasteiger partial charge in [-0.05, 0) is 38.5 Å². The molecule has 0 aromatic carbocycles. The summed E-state index contributed by atoms with van der Waals surface area (Å²) < 4.78 is 5.52. The number of esters is 1. The van der Waals surface area contributed by atoms with Crippen LogP contribution in [0.2, 0.25) is 0 Å². The van der Waals surface area contributed by atoms with Gasteiger partial charge in [-0.2, -0.15) is 0 Å². The number of rotatable bonds is 0. The van der Waals surface area contributed by atoms with Crippen molar-refractivity contribution in [2.45, 2.75) is 44.3 Å². The van der Waals surface area contributed by atoms with Crippen molar-refractivity contribution in [3.8, 4) is 0 Å². The Morgan fingerprint density at radius 2 is 2.06 bits per heavy atom. The molecule has 0 radical (unpaired) electrons. The van der Waals surface area contributed by atoms with Gasteiger partial charge >= 0.3 is 5.97 Å². The summed E-state index contributed by atoms with van der Waals surface area (Å²) in [6.45, 7) is 9.90. The number of hydrogen-bond donors (Lipinski definition) is 1. The Balaban J connectivity index is 2.02. The van der Waals surface area contributed by atoms with Gasteiger partial charge in [-0.3, -0.25) is 0 Å². The van der Waals surface area contributed by atoms with E-state index in [0.29, 0.717) is 5.57 Å². The molecule has 5 atom stereocenters. The molecule has 1 N–H and O–H groups in total. The molecule has 98 valence electrons. The molecular weight excluding hydrogens is 228 g/mol. The third-order valence-electron chi connectivity index (χ3n) is 5.12. The fourth-order valence-electron chi connectivity index (χ4n) is 4.09. The van der Waals surface area contributed by atoms with E-state index in [0.717, 1.165) is 25.7 Å². The summed E-state index contributed by atoms with van der Waals surface area (Å²) in [4.78, 5) is 11.7. The fourth-order valence-corrected chi connectivity index (χ4v) is 4.09.